The van der Waals surface area contributed by atoms with Gasteiger partial charge in [0.05, 0.1) is 46.2 Å². The summed E-state index contributed by atoms with van der Waals surface area (Å²) in [6.07, 6.45) is 11.1. The van der Waals surface area contributed by atoms with Crippen LogP contribution in [0.3, 0.4) is 0 Å². The van der Waals surface area contributed by atoms with Gasteiger partial charge in [-0.25, -0.2) is 9.37 Å². The molecule has 0 aliphatic carbocycles. The van der Waals surface area contributed by atoms with Gasteiger partial charge in [-0.1, -0.05) is 67.6 Å². The molecule has 1 heterocycles. The molecule has 0 bridgehead atoms. The molecule has 9 nitrogen and oxygen atoms in total. The first-order chi connectivity index (χ1) is 25.6. The van der Waals surface area contributed by atoms with Crippen LogP contribution in [0.1, 0.15) is 35.6 Å². The van der Waals surface area contributed by atoms with Crippen LogP contribution in [-0.4, -0.2) is 91.8 Å². The maximum atomic E-state index is 11.8. The Labute approximate surface area is 308 Å². The smallest absolute Gasteiger partial charge is 0.213 e. The molecule has 0 atom stereocenters. The summed E-state index contributed by atoms with van der Waals surface area (Å²) in [7, 11) is 3.82. The van der Waals surface area contributed by atoms with Crippen LogP contribution in [0.4, 0.5) is 15.8 Å². The Hall–Kier alpha value is -4.74. The molecule has 0 amide bonds. The van der Waals surface area contributed by atoms with Crippen LogP contribution in [0.15, 0.2) is 91.1 Å². The Morgan fingerprint density at radius 1 is 0.500 bits per heavy atom. The second-order valence-electron chi connectivity index (χ2n) is 11.2. The van der Waals surface area contributed by atoms with Gasteiger partial charge in [-0.2, -0.15) is 0 Å². The lowest BCUT2D eigenvalue weighted by atomic mass is 10.1. The SMILES string of the molecule is CCCOCCOCCOc1ccc(/C=C/c2ccc(NC)cc2)cn1.CNc1ccc(/C=C/c2ccc(OCCOCCOCC[18F])cc2)cc1. The van der Waals surface area contributed by atoms with Gasteiger partial charge in [-0.15, -0.1) is 0 Å². The van der Waals surface area contributed by atoms with Crippen molar-refractivity contribution in [3.05, 3.63) is 113 Å². The standard InChI is InChI=1S/C21H26FNO3.C21H28N2O3/c1-23-20-8-4-18(5-9-20)2-3-19-6-10-21(11-7-19)26-17-16-25-15-14-24-13-12-22;1-3-12-24-13-14-25-15-16-26-21-11-8-19(17-23-21)5-4-18-6-9-20(22-2)10-7-18/h2-11,23H,12-17H2,1H3;4-11,17,22H,3,12-16H2,1-2H3/b3-2+;5-4+/i22-1;. The van der Waals surface area contributed by atoms with E-state index in [-0.39, 0.29) is 6.61 Å². The summed E-state index contributed by atoms with van der Waals surface area (Å²) in [6, 6.07) is 28.2. The van der Waals surface area contributed by atoms with E-state index in [0.717, 1.165) is 52.4 Å². The van der Waals surface area contributed by atoms with Gasteiger partial charge in [0.1, 0.15) is 25.6 Å². The van der Waals surface area contributed by atoms with Crippen molar-refractivity contribution in [3.8, 4) is 11.6 Å². The highest BCUT2D eigenvalue weighted by Crippen LogP contribution is 2.16. The predicted molar refractivity (Wildman–Crippen MR) is 211 cm³/mol. The zero-order chi connectivity index (χ0) is 36.9. The van der Waals surface area contributed by atoms with Gasteiger partial charge in [-0.05, 0) is 71.1 Å². The van der Waals surface area contributed by atoms with Gasteiger partial charge < -0.3 is 39.1 Å². The van der Waals surface area contributed by atoms with Gasteiger partial charge in [0.15, 0.2) is 0 Å². The number of pyridine rings is 1. The molecular formula is C42H54FN3O6. The second kappa shape index (κ2) is 27.0. The first-order valence-corrected chi connectivity index (χ1v) is 17.7. The summed E-state index contributed by atoms with van der Waals surface area (Å²) >= 11 is 0. The maximum Gasteiger partial charge on any atom is 0.213 e. The van der Waals surface area contributed by atoms with Crippen LogP contribution in [0.5, 0.6) is 11.6 Å². The molecule has 4 rings (SSSR count). The Bertz CT molecular complexity index is 1400. The van der Waals surface area contributed by atoms with E-state index in [9.17, 15) is 4.39 Å². The predicted octanol–water partition coefficient (Wildman–Crippen LogP) is 8.40. The van der Waals surface area contributed by atoms with Crippen molar-refractivity contribution >= 4 is 35.7 Å². The Kier molecular flexibility index (Phi) is 21.6. The number of halogens is 1. The molecule has 0 aliphatic heterocycles. The van der Waals surface area contributed by atoms with Crippen molar-refractivity contribution in [3.63, 3.8) is 0 Å². The minimum absolute atomic E-state index is 0.127. The van der Waals surface area contributed by atoms with E-state index >= 15 is 0 Å². The van der Waals surface area contributed by atoms with E-state index in [1.54, 1.807) is 6.20 Å². The van der Waals surface area contributed by atoms with E-state index in [4.69, 9.17) is 28.4 Å². The van der Waals surface area contributed by atoms with Gasteiger partial charge >= 0.3 is 0 Å². The molecule has 0 unspecified atom stereocenters. The number of ether oxygens (including phenoxy) is 6. The summed E-state index contributed by atoms with van der Waals surface area (Å²) in [5.41, 5.74) is 6.62. The number of benzene rings is 3. The minimum Gasteiger partial charge on any atom is -0.491 e. The second-order valence-corrected chi connectivity index (χ2v) is 11.2. The first kappa shape index (κ1) is 41.7. The number of nitrogens with one attached hydrogen (secondary N) is 2. The zero-order valence-corrected chi connectivity index (χ0v) is 30.7. The van der Waals surface area contributed by atoms with Crippen molar-refractivity contribution in [1.29, 1.82) is 0 Å². The highest BCUT2D eigenvalue weighted by Gasteiger charge is 1.98. The van der Waals surface area contributed by atoms with Crippen LogP contribution >= 0.6 is 0 Å². The van der Waals surface area contributed by atoms with Crippen LogP contribution in [0.25, 0.3) is 24.3 Å². The molecule has 10 heteroatoms. The van der Waals surface area contributed by atoms with Crippen molar-refractivity contribution in [1.82, 2.24) is 4.98 Å². The summed E-state index contributed by atoms with van der Waals surface area (Å²) in [5.74, 6) is 1.41. The van der Waals surface area contributed by atoms with Crippen molar-refractivity contribution < 1.29 is 32.8 Å². The molecular weight excluding hydrogens is 660 g/mol. The quantitative estimate of drug-likeness (QED) is 0.0549. The number of hydrogen-bond acceptors (Lipinski definition) is 9. The minimum atomic E-state index is -0.461. The van der Waals surface area contributed by atoms with Crippen LogP contribution in [0.2, 0.25) is 0 Å². The Morgan fingerprint density at radius 3 is 1.38 bits per heavy atom. The van der Waals surface area contributed by atoms with Gasteiger partial charge in [0, 0.05) is 44.3 Å². The fourth-order valence-corrected chi connectivity index (χ4v) is 4.42. The summed E-state index contributed by atoms with van der Waals surface area (Å²) in [4.78, 5) is 4.31. The summed E-state index contributed by atoms with van der Waals surface area (Å²) < 4.78 is 44.1. The van der Waals surface area contributed by atoms with Gasteiger partial charge in [0.25, 0.3) is 0 Å². The van der Waals surface area contributed by atoms with Crippen LogP contribution in [-0.2, 0) is 18.9 Å². The van der Waals surface area contributed by atoms with Crippen LogP contribution < -0.4 is 20.1 Å². The Morgan fingerprint density at radius 2 is 0.923 bits per heavy atom. The third kappa shape index (κ3) is 18.5. The Balaban J connectivity index is 0.000000280. The topological polar surface area (TPSA) is 92.3 Å². The maximum absolute atomic E-state index is 11.8. The summed E-state index contributed by atoms with van der Waals surface area (Å²) in [6.45, 7) is 6.56. The molecule has 2 N–H and O–H groups in total. The highest BCUT2D eigenvalue weighted by atomic mass is 18.2. The van der Waals surface area contributed by atoms with Crippen LogP contribution in [0, 0.1) is 0 Å². The molecule has 0 aliphatic rings. The number of nitrogens with zero attached hydrogens (tertiary/aromatic N) is 1. The largest absolute Gasteiger partial charge is 0.491 e. The molecule has 0 saturated heterocycles. The fourth-order valence-electron chi connectivity index (χ4n) is 4.42. The normalized spacial score (nSPS) is 11.0. The highest BCUT2D eigenvalue weighted by molar-refractivity contribution is 5.71. The average Bonchev–Trinajstić information content (AvgIpc) is 3.20. The molecule has 280 valence electrons. The lowest BCUT2D eigenvalue weighted by Gasteiger charge is -2.07. The number of hydrogen-bond donors (Lipinski definition) is 2. The molecule has 3 aromatic carbocycles. The van der Waals surface area contributed by atoms with E-state index in [0.29, 0.717) is 58.7 Å². The molecule has 52 heavy (non-hydrogen) atoms. The van der Waals surface area contributed by atoms with Crippen molar-refractivity contribution in [2.45, 2.75) is 13.3 Å². The number of rotatable bonds is 24. The average molecular weight is 715 g/mol. The van der Waals surface area contributed by atoms with Gasteiger partial charge in [0.2, 0.25) is 5.88 Å². The first-order valence-electron chi connectivity index (χ1n) is 17.7. The molecule has 0 fully saturated rings. The van der Waals surface area contributed by atoms with E-state index in [1.165, 1.54) is 0 Å². The lowest BCUT2D eigenvalue weighted by molar-refractivity contribution is 0.0325. The van der Waals surface area contributed by atoms with Gasteiger partial charge in [-0.3, -0.25) is 0 Å². The van der Waals surface area contributed by atoms with Crippen molar-refractivity contribution in [2.75, 3.05) is 97.5 Å². The van der Waals surface area contributed by atoms with E-state index in [1.807, 2.05) is 80.8 Å². The third-order valence-corrected chi connectivity index (χ3v) is 7.26. The molecule has 0 radical (unpaired) electrons. The molecule has 0 spiro atoms. The number of anilines is 2. The monoisotopic (exact) mass is 714 g/mol. The fraction of sp³-hybridized carbons (Fsp3) is 0.357. The third-order valence-electron chi connectivity index (χ3n) is 7.26. The lowest BCUT2D eigenvalue weighted by Crippen LogP contribution is -2.11. The van der Waals surface area contributed by atoms with E-state index in [2.05, 4.69) is 65.0 Å². The number of aromatic nitrogens is 1. The van der Waals surface area contributed by atoms with E-state index < -0.39 is 6.67 Å². The molecule has 4 aromatic rings. The molecule has 0 saturated carbocycles. The zero-order valence-electron chi connectivity index (χ0n) is 30.7. The molecule has 1 aromatic heterocycles. The number of alkyl halides is 1. The van der Waals surface area contributed by atoms with Crippen molar-refractivity contribution in [2.24, 2.45) is 0 Å². The summed E-state index contributed by atoms with van der Waals surface area (Å²) in [5, 5.41) is 6.21.